The van der Waals surface area contributed by atoms with E-state index in [1.54, 1.807) is 24.5 Å². The van der Waals surface area contributed by atoms with E-state index in [2.05, 4.69) is 21.1 Å². The molecule has 0 aliphatic carbocycles. The summed E-state index contributed by atoms with van der Waals surface area (Å²) < 4.78 is 6.83. The van der Waals surface area contributed by atoms with Crippen LogP contribution in [-0.4, -0.2) is 31.4 Å². The van der Waals surface area contributed by atoms with E-state index < -0.39 is 11.7 Å². The minimum Gasteiger partial charge on any atom is -0.442 e. The maximum Gasteiger partial charge on any atom is 0.435 e. The van der Waals surface area contributed by atoms with Gasteiger partial charge in [-0.15, -0.1) is 11.3 Å². The number of ether oxygens (including phenoxy) is 1. The van der Waals surface area contributed by atoms with Gasteiger partial charge in [-0.25, -0.2) is 9.78 Å². The molecule has 0 N–H and O–H groups in total. The van der Waals surface area contributed by atoms with Crippen LogP contribution in [0.4, 0.5) is 4.79 Å². The highest BCUT2D eigenvalue weighted by atomic mass is 35.5. The quantitative estimate of drug-likeness (QED) is 0.386. The molecule has 0 spiro atoms. The molecule has 3 aromatic heterocycles. The Labute approximate surface area is 194 Å². The summed E-state index contributed by atoms with van der Waals surface area (Å²) in [6, 6.07) is 11.3. The number of hydrogen-bond acceptors (Lipinski definition) is 7. The Balaban J connectivity index is 1.82. The van der Waals surface area contributed by atoms with Crippen molar-refractivity contribution in [1.82, 2.24) is 19.7 Å². The number of thiazole rings is 1. The lowest BCUT2D eigenvalue weighted by molar-refractivity contribution is 0.0522. The van der Waals surface area contributed by atoms with Crippen molar-refractivity contribution in [2.24, 2.45) is 0 Å². The van der Waals surface area contributed by atoms with Crippen LogP contribution in [0.5, 0.6) is 0 Å². The Kier molecular flexibility index (Phi) is 5.96. The maximum atomic E-state index is 12.8. The summed E-state index contributed by atoms with van der Waals surface area (Å²) in [6.45, 7) is 5.43. The summed E-state index contributed by atoms with van der Waals surface area (Å²) in [5.74, 6) is 0. The van der Waals surface area contributed by atoms with E-state index in [0.29, 0.717) is 34.8 Å². The highest BCUT2D eigenvalue weighted by molar-refractivity contribution is 7.11. The van der Waals surface area contributed by atoms with E-state index in [0.717, 1.165) is 20.8 Å². The molecule has 0 atom stereocenters. The van der Waals surface area contributed by atoms with E-state index in [-0.39, 0.29) is 0 Å². The number of carbonyl (C=O) groups excluding carboxylic acids is 1. The third kappa shape index (κ3) is 4.64. The molecule has 1 aromatic carbocycles. The summed E-state index contributed by atoms with van der Waals surface area (Å²) in [5.41, 5.74) is 2.12. The fraction of sp³-hybridized carbons (Fsp3) is 0.261. The molecular weight excluding hydrogens is 446 g/mol. The van der Waals surface area contributed by atoms with Gasteiger partial charge in [0.1, 0.15) is 5.60 Å². The lowest BCUT2D eigenvalue weighted by Crippen LogP contribution is -2.27. The van der Waals surface area contributed by atoms with Crippen LogP contribution >= 0.6 is 22.9 Å². The molecule has 0 unspecified atom stereocenters. The molecule has 32 heavy (non-hydrogen) atoms. The zero-order chi connectivity index (χ0) is 22.9. The first-order valence-electron chi connectivity index (χ1n) is 9.91. The minimum absolute atomic E-state index is 0.313. The van der Waals surface area contributed by atoms with E-state index in [1.165, 1.54) is 16.0 Å². The number of halogens is 1. The Bertz CT molecular complexity index is 1350. The van der Waals surface area contributed by atoms with E-state index in [9.17, 15) is 4.79 Å². The van der Waals surface area contributed by atoms with E-state index in [4.69, 9.17) is 21.6 Å². The first-order valence-corrected chi connectivity index (χ1v) is 11.1. The van der Waals surface area contributed by atoms with Crippen molar-refractivity contribution in [2.75, 3.05) is 0 Å². The molecule has 0 saturated carbocycles. The zero-order valence-corrected chi connectivity index (χ0v) is 19.4. The summed E-state index contributed by atoms with van der Waals surface area (Å²) >= 11 is 7.81. The molecule has 162 valence electrons. The van der Waals surface area contributed by atoms with Gasteiger partial charge in [0.05, 0.1) is 39.4 Å². The first-order chi connectivity index (χ1) is 15.2. The van der Waals surface area contributed by atoms with Crippen molar-refractivity contribution in [3.05, 3.63) is 63.3 Å². The number of rotatable bonds is 4. The normalized spacial score (nSPS) is 11.5. The van der Waals surface area contributed by atoms with Crippen molar-refractivity contribution in [3.63, 3.8) is 0 Å². The van der Waals surface area contributed by atoms with E-state index >= 15 is 0 Å². The third-order valence-electron chi connectivity index (χ3n) is 4.53. The molecular formula is C23H20ClN5O2S. The second kappa shape index (κ2) is 8.69. The molecule has 9 heteroatoms. The number of pyridine rings is 1. The number of fused-ring (bicyclic) bond motifs is 1. The number of hydrogen-bond donors (Lipinski definition) is 0. The minimum atomic E-state index is -0.654. The van der Waals surface area contributed by atoms with Crippen molar-refractivity contribution in [1.29, 1.82) is 5.26 Å². The van der Waals surface area contributed by atoms with Crippen LogP contribution in [0.2, 0.25) is 5.02 Å². The van der Waals surface area contributed by atoms with Crippen LogP contribution in [-0.2, 0) is 17.6 Å². The number of carbonyl (C=O) groups is 1. The third-order valence-corrected chi connectivity index (χ3v) is 5.83. The predicted octanol–water partition coefficient (Wildman–Crippen LogP) is 5.65. The average Bonchev–Trinajstić information content (AvgIpc) is 3.32. The van der Waals surface area contributed by atoms with Crippen molar-refractivity contribution in [2.45, 2.75) is 39.2 Å². The molecule has 4 aromatic rings. The Morgan fingerprint density at radius 2 is 2.09 bits per heavy atom. The topological polar surface area (TPSA) is 93.7 Å². The maximum absolute atomic E-state index is 12.8. The Morgan fingerprint density at radius 1 is 1.28 bits per heavy atom. The van der Waals surface area contributed by atoms with Crippen LogP contribution in [0.15, 0.2) is 42.7 Å². The van der Waals surface area contributed by atoms with Crippen LogP contribution < -0.4 is 0 Å². The van der Waals surface area contributed by atoms with Gasteiger partial charge < -0.3 is 4.74 Å². The lowest BCUT2D eigenvalue weighted by Gasteiger charge is -2.19. The lowest BCUT2D eigenvalue weighted by atomic mass is 10.1. The van der Waals surface area contributed by atoms with Crippen molar-refractivity contribution < 1.29 is 9.53 Å². The molecule has 4 rings (SSSR count). The van der Waals surface area contributed by atoms with Crippen molar-refractivity contribution in [3.8, 4) is 17.3 Å². The van der Waals surface area contributed by atoms with Gasteiger partial charge >= 0.3 is 6.09 Å². The fourth-order valence-corrected chi connectivity index (χ4v) is 4.32. The van der Waals surface area contributed by atoms with Crippen LogP contribution in [0, 0.1) is 11.3 Å². The van der Waals surface area contributed by atoms with Crippen LogP contribution in [0.25, 0.3) is 22.2 Å². The zero-order valence-electron chi connectivity index (χ0n) is 17.8. The van der Waals surface area contributed by atoms with Gasteiger partial charge in [-0.2, -0.15) is 15.0 Å². The number of benzene rings is 1. The second-order valence-electron chi connectivity index (χ2n) is 8.14. The van der Waals surface area contributed by atoms with Gasteiger partial charge in [0.25, 0.3) is 0 Å². The molecule has 0 bridgehead atoms. The average molecular weight is 466 g/mol. The Hall–Kier alpha value is -3.28. The predicted molar refractivity (Wildman–Crippen MR) is 124 cm³/mol. The van der Waals surface area contributed by atoms with Crippen LogP contribution in [0.1, 0.15) is 36.3 Å². The molecule has 0 fully saturated rings. The summed E-state index contributed by atoms with van der Waals surface area (Å²) in [4.78, 5) is 22.5. The summed E-state index contributed by atoms with van der Waals surface area (Å²) in [7, 11) is 0. The number of aromatic nitrogens is 4. The van der Waals surface area contributed by atoms with E-state index in [1.807, 2.05) is 39.0 Å². The molecule has 3 heterocycles. The fourth-order valence-electron chi connectivity index (χ4n) is 3.23. The monoisotopic (exact) mass is 465 g/mol. The smallest absolute Gasteiger partial charge is 0.435 e. The van der Waals surface area contributed by atoms with Gasteiger partial charge in [-0.3, -0.25) is 4.98 Å². The largest absolute Gasteiger partial charge is 0.442 e. The SMILES string of the molecule is CC(C)(C)OC(=O)n1nc(Cc2ncc(CC#N)s2)c2cc(-c3ncccc3Cl)ccc21. The Morgan fingerprint density at radius 3 is 2.81 bits per heavy atom. The molecule has 0 radical (unpaired) electrons. The molecule has 7 nitrogen and oxygen atoms in total. The number of nitrogens with zero attached hydrogens (tertiary/aromatic N) is 5. The van der Waals surface area contributed by atoms with Gasteiger partial charge in [0, 0.05) is 34.6 Å². The summed E-state index contributed by atoms with van der Waals surface area (Å²) in [5, 5.41) is 15.6. The van der Waals surface area contributed by atoms with Gasteiger partial charge in [0.2, 0.25) is 0 Å². The van der Waals surface area contributed by atoms with Crippen LogP contribution in [0.3, 0.4) is 0 Å². The van der Waals surface area contributed by atoms with Gasteiger partial charge in [-0.05, 0) is 45.0 Å². The van der Waals surface area contributed by atoms with Gasteiger partial charge in [0.15, 0.2) is 0 Å². The highest BCUT2D eigenvalue weighted by Crippen LogP contribution is 2.31. The molecule has 0 amide bonds. The molecule has 0 aliphatic rings. The standard InChI is InChI=1S/C23H20ClN5O2S/c1-23(2,3)31-22(30)29-19-7-6-14(21-17(24)5-4-10-26-21)11-16(19)18(28-29)12-20-27-13-15(32-20)8-9-25/h4-7,10-11,13H,8,12H2,1-3H3. The first kappa shape index (κ1) is 21.9. The summed E-state index contributed by atoms with van der Waals surface area (Å²) in [6.07, 6.45) is 3.56. The number of nitriles is 1. The molecule has 0 aliphatic heterocycles. The highest BCUT2D eigenvalue weighted by Gasteiger charge is 2.23. The molecule has 0 saturated heterocycles. The van der Waals surface area contributed by atoms with Gasteiger partial charge in [-0.1, -0.05) is 17.7 Å². The van der Waals surface area contributed by atoms with Crippen molar-refractivity contribution >= 4 is 39.9 Å². The second-order valence-corrected chi connectivity index (χ2v) is 9.74.